The van der Waals surface area contributed by atoms with E-state index in [1.807, 2.05) is 59.4 Å². The number of hydrogen-bond donors (Lipinski definition) is 0. The second-order valence-corrected chi connectivity index (χ2v) is 6.51. The number of amides is 1. The zero-order chi connectivity index (χ0) is 19.5. The van der Waals surface area contributed by atoms with Gasteiger partial charge in [-0.2, -0.15) is 5.10 Å². The molecule has 0 atom stereocenters. The van der Waals surface area contributed by atoms with Crippen LogP contribution < -0.4 is 0 Å². The highest BCUT2D eigenvalue weighted by Gasteiger charge is 2.22. The van der Waals surface area contributed by atoms with Crippen LogP contribution in [0.25, 0.3) is 11.5 Å². The molecule has 0 radical (unpaired) electrons. The lowest BCUT2D eigenvalue weighted by Crippen LogP contribution is -2.27. The Kier molecular flexibility index (Phi) is 4.76. The van der Waals surface area contributed by atoms with Gasteiger partial charge in [0.1, 0.15) is 11.4 Å². The van der Waals surface area contributed by atoms with Crippen molar-refractivity contribution < 1.29 is 9.18 Å². The summed E-state index contributed by atoms with van der Waals surface area (Å²) in [7, 11) is 1.76. The van der Waals surface area contributed by atoms with Crippen LogP contribution in [0.3, 0.4) is 0 Å². The maximum Gasteiger partial charge on any atom is 0.259 e. The van der Waals surface area contributed by atoms with Gasteiger partial charge >= 0.3 is 0 Å². The van der Waals surface area contributed by atoms with Gasteiger partial charge in [-0.3, -0.25) is 4.79 Å². The molecule has 0 unspecified atom stereocenters. The van der Waals surface area contributed by atoms with Gasteiger partial charge in [-0.05, 0) is 35.9 Å². The van der Waals surface area contributed by atoms with Crippen LogP contribution in [-0.2, 0) is 6.54 Å². The molecule has 1 amide bonds. The molecule has 0 bridgehead atoms. The fourth-order valence-electron chi connectivity index (χ4n) is 3.15. The van der Waals surface area contributed by atoms with Crippen LogP contribution in [0.1, 0.15) is 15.9 Å². The van der Waals surface area contributed by atoms with E-state index >= 15 is 0 Å². The zero-order valence-corrected chi connectivity index (χ0v) is 15.4. The molecule has 0 saturated carbocycles. The molecule has 2 aromatic carbocycles. The summed E-state index contributed by atoms with van der Waals surface area (Å²) in [5.74, 6) is 0.0521. The maximum absolute atomic E-state index is 13.7. The summed E-state index contributed by atoms with van der Waals surface area (Å²) in [6.45, 7) is 0.482. The molecule has 0 N–H and O–H groups in total. The summed E-state index contributed by atoms with van der Waals surface area (Å²) in [6.07, 6.45) is 5.20. The summed E-state index contributed by atoms with van der Waals surface area (Å²) < 4.78 is 17.1. The van der Waals surface area contributed by atoms with Crippen molar-refractivity contribution in [2.24, 2.45) is 0 Å². The van der Waals surface area contributed by atoms with Crippen LogP contribution in [0.5, 0.6) is 0 Å². The van der Waals surface area contributed by atoms with Gasteiger partial charge < -0.3 is 9.47 Å². The summed E-state index contributed by atoms with van der Waals surface area (Å²) in [6, 6.07) is 19.7. The second-order valence-electron chi connectivity index (χ2n) is 6.51. The molecule has 0 fully saturated rings. The molecular weight excluding hydrogens is 355 g/mol. The third-order valence-electron chi connectivity index (χ3n) is 4.49. The maximum atomic E-state index is 13.7. The molecule has 4 aromatic rings. The summed E-state index contributed by atoms with van der Waals surface area (Å²) in [4.78, 5) is 14.8. The summed E-state index contributed by atoms with van der Waals surface area (Å²) in [5, 5.41) is 4.38. The van der Waals surface area contributed by atoms with Gasteiger partial charge in [0.25, 0.3) is 5.91 Å². The quantitative estimate of drug-likeness (QED) is 0.528. The van der Waals surface area contributed by atoms with Gasteiger partial charge in [0.05, 0.1) is 11.9 Å². The van der Waals surface area contributed by atoms with E-state index in [0.29, 0.717) is 23.6 Å². The number of hydrogen-bond acceptors (Lipinski definition) is 2. The predicted octanol–water partition coefficient (Wildman–Crippen LogP) is 4.07. The Balaban J connectivity index is 1.74. The second kappa shape index (κ2) is 7.52. The van der Waals surface area contributed by atoms with Crippen LogP contribution in [-0.4, -0.2) is 32.2 Å². The number of aromatic nitrogens is 3. The van der Waals surface area contributed by atoms with E-state index in [-0.39, 0.29) is 11.7 Å². The first kappa shape index (κ1) is 17.7. The van der Waals surface area contributed by atoms with E-state index in [9.17, 15) is 9.18 Å². The van der Waals surface area contributed by atoms with E-state index in [4.69, 9.17) is 0 Å². The van der Waals surface area contributed by atoms with Crippen LogP contribution in [0, 0.1) is 5.82 Å². The molecule has 0 aliphatic carbocycles. The fraction of sp³-hybridized carbons (Fsp3) is 0.0909. The van der Waals surface area contributed by atoms with E-state index in [1.165, 1.54) is 18.3 Å². The Morgan fingerprint density at radius 3 is 2.50 bits per heavy atom. The number of benzene rings is 2. The van der Waals surface area contributed by atoms with Crippen LogP contribution in [0.2, 0.25) is 0 Å². The Morgan fingerprint density at radius 2 is 1.79 bits per heavy atom. The van der Waals surface area contributed by atoms with Gasteiger partial charge in [-0.15, -0.1) is 0 Å². The molecule has 2 aromatic heterocycles. The van der Waals surface area contributed by atoms with Crippen LogP contribution in [0.15, 0.2) is 85.3 Å². The number of nitrogens with zero attached hydrogens (tertiary/aromatic N) is 4. The zero-order valence-electron chi connectivity index (χ0n) is 15.4. The lowest BCUT2D eigenvalue weighted by molar-refractivity contribution is 0.0785. The molecule has 28 heavy (non-hydrogen) atoms. The van der Waals surface area contributed by atoms with Gasteiger partial charge in [0.2, 0.25) is 0 Å². The number of carbonyl (C=O) groups excluding carboxylic acids is 1. The topological polar surface area (TPSA) is 43.1 Å². The first-order valence-corrected chi connectivity index (χ1v) is 8.90. The van der Waals surface area contributed by atoms with Crippen molar-refractivity contribution in [3.05, 3.63) is 102 Å². The average molecular weight is 374 g/mol. The van der Waals surface area contributed by atoms with E-state index < -0.39 is 0 Å². The Labute approximate surface area is 162 Å². The van der Waals surface area contributed by atoms with Gasteiger partial charge in [0.15, 0.2) is 5.82 Å². The van der Waals surface area contributed by atoms with E-state index in [1.54, 1.807) is 28.8 Å². The molecule has 4 rings (SSSR count). The van der Waals surface area contributed by atoms with E-state index in [0.717, 1.165) is 5.56 Å². The molecular formula is C22H19FN4O. The molecule has 0 saturated heterocycles. The largest absolute Gasteiger partial charge is 0.337 e. The minimum atomic E-state index is -0.361. The minimum Gasteiger partial charge on any atom is -0.337 e. The van der Waals surface area contributed by atoms with Crippen molar-refractivity contribution in [2.45, 2.75) is 6.54 Å². The molecule has 2 heterocycles. The van der Waals surface area contributed by atoms with Gasteiger partial charge in [0, 0.05) is 26.0 Å². The third kappa shape index (κ3) is 3.44. The monoisotopic (exact) mass is 374 g/mol. The summed E-state index contributed by atoms with van der Waals surface area (Å²) >= 11 is 0. The predicted molar refractivity (Wildman–Crippen MR) is 105 cm³/mol. The smallest absolute Gasteiger partial charge is 0.259 e. The fourth-order valence-corrected chi connectivity index (χ4v) is 3.15. The van der Waals surface area contributed by atoms with Gasteiger partial charge in [-0.25, -0.2) is 9.07 Å². The first-order valence-electron chi connectivity index (χ1n) is 8.90. The first-order chi connectivity index (χ1) is 13.6. The molecule has 5 nitrogen and oxygen atoms in total. The molecule has 0 spiro atoms. The number of rotatable bonds is 5. The van der Waals surface area contributed by atoms with Crippen LogP contribution in [0.4, 0.5) is 4.39 Å². The standard InChI is InChI=1S/C22H19FN4O/c1-25(16-17-8-3-2-4-9-17)22(28)20-15-24-27(19-11-7-10-18(23)14-19)21(20)26-12-5-6-13-26/h2-15H,16H2,1H3. The normalized spacial score (nSPS) is 10.8. The van der Waals surface area contributed by atoms with Gasteiger partial charge in [-0.1, -0.05) is 36.4 Å². The van der Waals surface area contributed by atoms with Crippen molar-refractivity contribution in [2.75, 3.05) is 7.05 Å². The van der Waals surface area contributed by atoms with Crippen molar-refractivity contribution in [3.8, 4) is 11.5 Å². The van der Waals surface area contributed by atoms with Crippen molar-refractivity contribution in [1.29, 1.82) is 0 Å². The average Bonchev–Trinajstić information content (AvgIpc) is 3.37. The third-order valence-corrected chi connectivity index (χ3v) is 4.49. The number of halogens is 1. The van der Waals surface area contributed by atoms with Crippen molar-refractivity contribution >= 4 is 5.91 Å². The highest BCUT2D eigenvalue weighted by Crippen LogP contribution is 2.22. The molecule has 0 aliphatic rings. The Hall–Kier alpha value is -3.67. The highest BCUT2D eigenvalue weighted by atomic mass is 19.1. The summed E-state index contributed by atoms with van der Waals surface area (Å²) in [5.41, 5.74) is 2.03. The molecule has 0 aliphatic heterocycles. The Bertz CT molecular complexity index is 1090. The number of carbonyl (C=O) groups is 1. The van der Waals surface area contributed by atoms with Crippen LogP contribution >= 0.6 is 0 Å². The highest BCUT2D eigenvalue weighted by molar-refractivity contribution is 5.97. The van der Waals surface area contributed by atoms with E-state index in [2.05, 4.69) is 5.10 Å². The molecule has 6 heteroatoms. The SMILES string of the molecule is CN(Cc1ccccc1)C(=O)c1cnn(-c2cccc(F)c2)c1-n1cccc1. The lowest BCUT2D eigenvalue weighted by atomic mass is 10.2. The van der Waals surface area contributed by atoms with Crippen molar-refractivity contribution in [1.82, 2.24) is 19.2 Å². The lowest BCUT2D eigenvalue weighted by Gasteiger charge is -2.18. The molecule has 140 valence electrons. The Morgan fingerprint density at radius 1 is 1.04 bits per heavy atom. The van der Waals surface area contributed by atoms with Crippen molar-refractivity contribution in [3.63, 3.8) is 0 Å². The minimum absolute atomic E-state index is 0.157.